The number of halogens is 2. The van der Waals surface area contributed by atoms with Crippen LogP contribution in [0.5, 0.6) is 0 Å². The monoisotopic (exact) mass is 268 g/mol. The van der Waals surface area contributed by atoms with E-state index in [4.69, 9.17) is 11.6 Å². The molecule has 1 unspecified atom stereocenters. The number of rotatable bonds is 4. The predicted molar refractivity (Wildman–Crippen MR) is 67.9 cm³/mol. The highest BCUT2D eigenvalue weighted by Gasteiger charge is 2.15. The van der Waals surface area contributed by atoms with Crippen molar-refractivity contribution >= 4 is 11.6 Å². The fraction of sp³-hybridized carbons (Fsp3) is 0.308. The molecule has 1 aromatic heterocycles. The van der Waals surface area contributed by atoms with Crippen molar-refractivity contribution in [3.8, 4) is 0 Å². The summed E-state index contributed by atoms with van der Waals surface area (Å²) in [4.78, 5) is 0. The highest BCUT2D eigenvalue weighted by atomic mass is 35.5. The van der Waals surface area contributed by atoms with Crippen molar-refractivity contribution in [1.82, 2.24) is 9.78 Å². The number of aryl methyl sites for hydroxylation is 2. The maximum absolute atomic E-state index is 13.7. The molecule has 1 N–H and O–H groups in total. The molecule has 0 bridgehead atoms. The Balaban J connectivity index is 2.03. The van der Waals surface area contributed by atoms with Gasteiger partial charge in [0.25, 0.3) is 0 Å². The van der Waals surface area contributed by atoms with E-state index in [1.807, 2.05) is 13.2 Å². The first-order chi connectivity index (χ1) is 8.58. The van der Waals surface area contributed by atoms with Gasteiger partial charge < -0.3 is 5.11 Å². The Morgan fingerprint density at radius 3 is 2.94 bits per heavy atom. The molecule has 2 aromatic rings. The van der Waals surface area contributed by atoms with E-state index in [1.165, 1.54) is 6.07 Å². The first kappa shape index (κ1) is 13.1. The summed E-state index contributed by atoms with van der Waals surface area (Å²) in [6, 6.07) is 4.65. The van der Waals surface area contributed by atoms with Gasteiger partial charge in [-0.25, -0.2) is 4.39 Å². The van der Waals surface area contributed by atoms with Crippen LogP contribution in [0.2, 0.25) is 5.02 Å². The van der Waals surface area contributed by atoms with Crippen LogP contribution in [0.3, 0.4) is 0 Å². The quantitative estimate of drug-likeness (QED) is 0.926. The van der Waals surface area contributed by atoms with Gasteiger partial charge in [0.05, 0.1) is 17.3 Å². The Morgan fingerprint density at radius 2 is 2.28 bits per heavy atom. The predicted octanol–water partition coefficient (Wildman–Crippen LogP) is 2.88. The standard InChI is InChI=1S/C13H14ClFN2O/c1-17-8-9(7-16-17)5-6-12(18)10-3-2-4-11(14)13(10)15/h2-4,7-8,12,18H,5-6H2,1H3. The fourth-order valence-corrected chi connectivity index (χ4v) is 2.02. The molecule has 1 atom stereocenters. The van der Waals surface area contributed by atoms with Gasteiger partial charge in [-0.05, 0) is 24.5 Å². The van der Waals surface area contributed by atoms with Crippen LogP contribution >= 0.6 is 11.6 Å². The van der Waals surface area contributed by atoms with Gasteiger partial charge in [-0.2, -0.15) is 5.10 Å². The molecule has 0 radical (unpaired) electrons. The van der Waals surface area contributed by atoms with Gasteiger partial charge >= 0.3 is 0 Å². The first-order valence-corrected chi connectivity index (χ1v) is 6.05. The topological polar surface area (TPSA) is 38.0 Å². The summed E-state index contributed by atoms with van der Waals surface area (Å²) in [5.41, 5.74) is 1.25. The molecule has 2 rings (SSSR count). The van der Waals surface area contributed by atoms with Crippen molar-refractivity contribution in [2.45, 2.75) is 18.9 Å². The van der Waals surface area contributed by atoms with Crippen LogP contribution in [0.4, 0.5) is 4.39 Å². The van der Waals surface area contributed by atoms with Gasteiger partial charge in [-0.3, -0.25) is 4.68 Å². The number of aliphatic hydroxyl groups excluding tert-OH is 1. The lowest BCUT2D eigenvalue weighted by Gasteiger charge is -2.11. The zero-order valence-electron chi connectivity index (χ0n) is 9.98. The van der Waals surface area contributed by atoms with Gasteiger partial charge in [0.2, 0.25) is 0 Å². The normalized spacial score (nSPS) is 12.7. The van der Waals surface area contributed by atoms with Crippen molar-refractivity contribution in [2.75, 3.05) is 0 Å². The SMILES string of the molecule is Cn1cc(CCC(O)c2cccc(Cl)c2F)cn1. The minimum Gasteiger partial charge on any atom is -0.388 e. The summed E-state index contributed by atoms with van der Waals surface area (Å²) in [7, 11) is 1.83. The summed E-state index contributed by atoms with van der Waals surface area (Å²) >= 11 is 5.68. The van der Waals surface area contributed by atoms with Gasteiger partial charge in [0, 0.05) is 18.8 Å². The summed E-state index contributed by atoms with van der Waals surface area (Å²) in [5.74, 6) is -0.544. The van der Waals surface area contributed by atoms with E-state index in [2.05, 4.69) is 5.10 Å². The average Bonchev–Trinajstić information content (AvgIpc) is 2.76. The second-order valence-corrected chi connectivity index (χ2v) is 4.63. The zero-order chi connectivity index (χ0) is 13.1. The van der Waals surface area contributed by atoms with E-state index < -0.39 is 11.9 Å². The van der Waals surface area contributed by atoms with Gasteiger partial charge in [-0.1, -0.05) is 23.7 Å². The van der Waals surface area contributed by atoms with Crippen molar-refractivity contribution < 1.29 is 9.50 Å². The zero-order valence-corrected chi connectivity index (χ0v) is 10.7. The molecule has 1 heterocycles. The molecule has 96 valence electrons. The number of aliphatic hydroxyl groups is 1. The largest absolute Gasteiger partial charge is 0.388 e. The molecule has 0 aliphatic heterocycles. The minimum atomic E-state index is -0.857. The Kier molecular flexibility index (Phi) is 3.99. The lowest BCUT2D eigenvalue weighted by atomic mass is 10.0. The molecule has 18 heavy (non-hydrogen) atoms. The third-order valence-corrected chi connectivity index (χ3v) is 3.10. The van der Waals surface area contributed by atoms with Crippen LogP contribution in [-0.2, 0) is 13.5 Å². The van der Waals surface area contributed by atoms with E-state index >= 15 is 0 Å². The van der Waals surface area contributed by atoms with Crippen LogP contribution in [0.1, 0.15) is 23.7 Å². The number of nitrogens with zero attached hydrogens (tertiary/aromatic N) is 2. The molecule has 0 fully saturated rings. The Hall–Kier alpha value is -1.39. The van der Waals surface area contributed by atoms with E-state index in [1.54, 1.807) is 23.0 Å². The van der Waals surface area contributed by atoms with E-state index in [0.29, 0.717) is 12.8 Å². The second kappa shape index (κ2) is 5.50. The van der Waals surface area contributed by atoms with Crippen LogP contribution in [0.15, 0.2) is 30.6 Å². The van der Waals surface area contributed by atoms with Crippen LogP contribution in [-0.4, -0.2) is 14.9 Å². The van der Waals surface area contributed by atoms with Crippen molar-refractivity contribution in [3.05, 3.63) is 52.6 Å². The minimum absolute atomic E-state index is 0.0351. The molecular formula is C13H14ClFN2O. The lowest BCUT2D eigenvalue weighted by Crippen LogP contribution is -2.02. The van der Waals surface area contributed by atoms with Crippen molar-refractivity contribution in [3.63, 3.8) is 0 Å². The van der Waals surface area contributed by atoms with Crippen LogP contribution in [0, 0.1) is 5.82 Å². The molecule has 3 nitrogen and oxygen atoms in total. The van der Waals surface area contributed by atoms with Gasteiger partial charge in [0.15, 0.2) is 0 Å². The number of hydrogen-bond donors (Lipinski definition) is 1. The highest BCUT2D eigenvalue weighted by Crippen LogP contribution is 2.26. The van der Waals surface area contributed by atoms with E-state index in [9.17, 15) is 9.50 Å². The smallest absolute Gasteiger partial charge is 0.147 e. The average molecular weight is 269 g/mol. The first-order valence-electron chi connectivity index (χ1n) is 5.67. The molecule has 1 aromatic carbocycles. The third kappa shape index (κ3) is 2.89. The van der Waals surface area contributed by atoms with Crippen LogP contribution in [0.25, 0.3) is 0 Å². The summed E-state index contributed by atoms with van der Waals surface area (Å²) < 4.78 is 15.4. The summed E-state index contributed by atoms with van der Waals surface area (Å²) in [5, 5.41) is 14.0. The summed E-state index contributed by atoms with van der Waals surface area (Å²) in [6.45, 7) is 0. The van der Waals surface area contributed by atoms with Crippen molar-refractivity contribution in [1.29, 1.82) is 0 Å². The van der Waals surface area contributed by atoms with E-state index in [-0.39, 0.29) is 10.6 Å². The molecule has 0 spiro atoms. The maximum Gasteiger partial charge on any atom is 0.147 e. The molecule has 0 aliphatic rings. The molecule has 0 amide bonds. The van der Waals surface area contributed by atoms with Crippen LogP contribution < -0.4 is 0 Å². The van der Waals surface area contributed by atoms with Gasteiger partial charge in [-0.15, -0.1) is 0 Å². The Morgan fingerprint density at radius 1 is 1.50 bits per heavy atom. The van der Waals surface area contributed by atoms with Crippen molar-refractivity contribution in [2.24, 2.45) is 7.05 Å². The summed E-state index contributed by atoms with van der Waals surface area (Å²) in [6.07, 6.45) is 3.83. The molecule has 5 heteroatoms. The fourth-order valence-electron chi connectivity index (χ4n) is 1.84. The molecule has 0 saturated heterocycles. The third-order valence-electron chi connectivity index (χ3n) is 2.81. The Labute approximate surface area is 110 Å². The molecule has 0 saturated carbocycles. The maximum atomic E-state index is 13.7. The number of hydrogen-bond acceptors (Lipinski definition) is 2. The van der Waals surface area contributed by atoms with Gasteiger partial charge in [0.1, 0.15) is 5.82 Å². The Bertz CT molecular complexity index is 542. The number of benzene rings is 1. The lowest BCUT2D eigenvalue weighted by molar-refractivity contribution is 0.163. The molecule has 0 aliphatic carbocycles. The number of aromatic nitrogens is 2. The highest BCUT2D eigenvalue weighted by molar-refractivity contribution is 6.30. The van der Waals surface area contributed by atoms with E-state index in [0.717, 1.165) is 5.56 Å². The second-order valence-electron chi connectivity index (χ2n) is 4.22. The molecular weight excluding hydrogens is 255 g/mol.